The van der Waals surface area contributed by atoms with Crippen LogP contribution in [0.25, 0.3) is 40.9 Å². The van der Waals surface area contributed by atoms with Crippen LogP contribution in [0.1, 0.15) is 226 Å². The second-order valence-electron chi connectivity index (χ2n) is 36.3. The van der Waals surface area contributed by atoms with Gasteiger partial charge in [0.2, 0.25) is 11.6 Å². The average Bonchev–Trinajstić information content (AvgIpc) is 1.19. The van der Waals surface area contributed by atoms with E-state index in [0.717, 1.165) is 88.9 Å². The lowest BCUT2D eigenvalue weighted by Crippen LogP contribution is -2.49. The predicted molar refractivity (Wildman–Crippen MR) is 519 cm³/mol. The molecule has 0 spiro atoms. The van der Waals surface area contributed by atoms with Crippen LogP contribution < -0.4 is 38.5 Å². The first-order chi connectivity index (χ1) is 61.8. The van der Waals surface area contributed by atoms with Crippen LogP contribution in [0, 0.1) is 35.5 Å². The summed E-state index contributed by atoms with van der Waals surface area (Å²) >= 11 is 6.50. The molecule has 2 saturated heterocycles. The largest absolute Gasteiger partial charge is 0.474 e. The van der Waals surface area contributed by atoms with E-state index >= 15 is 0 Å². The van der Waals surface area contributed by atoms with Gasteiger partial charge < -0.3 is 72.2 Å². The molecule has 2 aliphatic heterocycles. The summed E-state index contributed by atoms with van der Waals surface area (Å²) in [7, 11) is 0. The van der Waals surface area contributed by atoms with Crippen molar-refractivity contribution in [3.05, 3.63) is 171 Å². The van der Waals surface area contributed by atoms with Crippen molar-refractivity contribution >= 4 is 162 Å². The van der Waals surface area contributed by atoms with E-state index in [1.807, 2.05) is 108 Å². The third kappa shape index (κ3) is 26.7. The summed E-state index contributed by atoms with van der Waals surface area (Å²) in [6.07, 6.45) is 11.5. The van der Waals surface area contributed by atoms with Crippen molar-refractivity contribution in [2.24, 2.45) is 35.5 Å². The van der Waals surface area contributed by atoms with Gasteiger partial charge in [-0.3, -0.25) is 24.0 Å². The number of Topliss-reactive ketones (excluding diaryl/α,β-unsaturated/α-hetero) is 2. The van der Waals surface area contributed by atoms with Crippen molar-refractivity contribution < 1.29 is 62.4 Å². The zero-order valence-corrected chi connectivity index (χ0v) is 80.9. The number of anilines is 6. The Balaban J connectivity index is 0.000000161. The van der Waals surface area contributed by atoms with Crippen LogP contribution in [0.5, 0.6) is 0 Å². The highest BCUT2D eigenvalue weighted by atomic mass is 32.1. The van der Waals surface area contributed by atoms with E-state index in [-0.39, 0.29) is 78.3 Å². The highest BCUT2D eigenvalue weighted by Gasteiger charge is 2.46. The maximum atomic E-state index is 13.5. The molecular weight excluding hydrogens is 1720 g/mol. The summed E-state index contributed by atoms with van der Waals surface area (Å²) in [5, 5.41) is 19.7. The fourth-order valence-corrected chi connectivity index (χ4v) is 20.0. The Labute approximate surface area is 777 Å². The normalized spacial score (nSPS) is 22.2. The van der Waals surface area contributed by atoms with Crippen LogP contribution in [0.4, 0.5) is 39.3 Å². The quantitative estimate of drug-likeness (QED) is 0.0292. The van der Waals surface area contributed by atoms with Gasteiger partial charge in [0.05, 0.1) is 153 Å². The Kier molecular flexibility index (Phi) is 35.1. The fourth-order valence-electron chi connectivity index (χ4n) is 17.3. The molecule has 2 saturated carbocycles. The van der Waals surface area contributed by atoms with E-state index < -0.39 is 52.7 Å². The molecule has 7 aromatic heterocycles. The third-order valence-corrected chi connectivity index (χ3v) is 27.2. The number of aryl methyl sites for hydroxylation is 3. The number of likely N-dealkylation sites (tertiary alicyclic amines) is 1. The minimum Gasteiger partial charge on any atom is -0.474 e. The van der Waals surface area contributed by atoms with Crippen molar-refractivity contribution in [3.8, 4) is 0 Å². The molecule has 11 aromatic rings. The monoisotopic (exact) mass is 1850 g/mol. The fraction of sp³-hybridized carbons (Fsp3) is 0.490. The molecule has 4 aliphatic rings. The Morgan fingerprint density at radius 2 is 0.785 bits per heavy atom. The standard InChI is InChI=1S/2C26H32N4O3S.C21H30N2O3S.C16H22N2OS.C9H11N3O3/c2*1-5-16-9-18(12-28-25(16)27)30-26(32)24(31)20-8-15(4)22(33-14(2)3)11-19(20)17-6-7-23-21(10-17)29-13-34-23;1-13(2)25-18-10-17(15-7-8-19-16(9-15)22-12-27-19)23(11-14(18)3)20(24)26-21(4,5)6;1-10(2)19-15-7-13(17-8-11(15)3)12-4-5-16-14(6-12)18-9-20-16;1-2-5-3-6(4-11-7(5)10)12-8(13)9(14)15/h2*6-7,9-10,12-15,19-20,22H,5,8,11H2,1-4H3,(H2,27,28)(H,30,32);7-9,12-14,17-18H,10-11H2,1-6H3;4-6,9-11,13,15,17H,7-8H2,1-3H3;3-4H,2H2,1H3,(H2,10,11)(H,12,13)(H,14,15)/t15-,19-,20?,22+;15-,19-,20?,22-;14-,17-,18?;11-,13-,15?;/m0000./s1. The average molecular weight is 1850 g/mol. The highest BCUT2D eigenvalue weighted by molar-refractivity contribution is 7.17. The number of thiazole rings is 4. The zero-order chi connectivity index (χ0) is 94.1. The molecule has 696 valence electrons. The summed E-state index contributed by atoms with van der Waals surface area (Å²) in [5.74, 6) is -3.43. The van der Waals surface area contributed by atoms with Crippen LogP contribution in [0.15, 0.2) is 132 Å². The Bertz CT molecular complexity index is 5530. The second-order valence-corrected chi connectivity index (χ2v) is 39.9. The summed E-state index contributed by atoms with van der Waals surface area (Å²) < 4.78 is 35.0. The Morgan fingerprint density at radius 3 is 1.15 bits per heavy atom. The topological polar surface area (TPSA) is 406 Å². The smallest absolute Gasteiger partial charge is 0.410 e. The summed E-state index contributed by atoms with van der Waals surface area (Å²) in [4.78, 5) is 119. The number of piperidine rings is 2. The number of pyridine rings is 3. The van der Waals surface area contributed by atoms with Crippen LogP contribution in [0.3, 0.4) is 0 Å². The number of ketones is 2. The first-order valence-corrected chi connectivity index (χ1v) is 48.5. The molecule has 15 rings (SSSR count). The van der Waals surface area contributed by atoms with Gasteiger partial charge in [-0.2, -0.15) is 0 Å². The number of aromatic nitrogens is 7. The molecule has 14 atom stereocenters. The number of nitrogen functional groups attached to an aromatic ring is 3. The van der Waals surface area contributed by atoms with Gasteiger partial charge in [-0.25, -0.2) is 44.5 Å². The number of rotatable bonds is 22. The number of nitrogens with one attached hydrogen (secondary N) is 4. The van der Waals surface area contributed by atoms with E-state index in [1.165, 1.54) is 28.9 Å². The number of hydrogen-bond acceptors (Lipinski definition) is 27. The summed E-state index contributed by atoms with van der Waals surface area (Å²) in [6.45, 7) is 38.2. The number of nitrogens with two attached hydrogens (primary N) is 3. The molecule has 9 heterocycles. The van der Waals surface area contributed by atoms with Crippen molar-refractivity contribution in [2.45, 2.75) is 261 Å². The number of hydrogen-bond donors (Lipinski definition) is 8. The van der Waals surface area contributed by atoms with Crippen molar-refractivity contribution in [3.63, 3.8) is 0 Å². The van der Waals surface area contributed by atoms with Gasteiger partial charge in [0.25, 0.3) is 11.8 Å². The number of carboxylic acid groups (broad SMARTS) is 1. The maximum absolute atomic E-state index is 13.5. The minimum atomic E-state index is -1.54. The zero-order valence-electron chi connectivity index (χ0n) is 77.7. The Hall–Kier alpha value is -10.4. The van der Waals surface area contributed by atoms with Crippen LogP contribution in [0.2, 0.25) is 0 Å². The second kappa shape index (κ2) is 45.6. The molecule has 4 aromatic carbocycles. The number of fused-ring (bicyclic) bond motifs is 4. The number of carboxylic acids is 1. The molecule has 11 N–H and O–H groups in total. The highest BCUT2D eigenvalue weighted by Crippen LogP contribution is 2.47. The van der Waals surface area contributed by atoms with Crippen molar-refractivity contribution in [2.75, 3.05) is 46.2 Å². The predicted octanol–water partition coefficient (Wildman–Crippen LogP) is 19.4. The summed E-state index contributed by atoms with van der Waals surface area (Å²) in [5.41, 5.74) is 36.3. The Morgan fingerprint density at radius 1 is 0.446 bits per heavy atom. The van der Waals surface area contributed by atoms with Gasteiger partial charge in [-0.15, -0.1) is 45.3 Å². The lowest BCUT2D eigenvalue weighted by molar-refractivity contribution is -0.147. The molecule has 28 nitrogen and oxygen atoms in total. The van der Waals surface area contributed by atoms with Gasteiger partial charge >= 0.3 is 18.0 Å². The maximum Gasteiger partial charge on any atom is 0.410 e. The number of ether oxygens (including phenoxy) is 5. The van der Waals surface area contributed by atoms with Crippen LogP contribution in [-0.2, 0) is 71.7 Å². The molecule has 4 unspecified atom stereocenters. The molecule has 130 heavy (non-hydrogen) atoms. The molecule has 0 radical (unpaired) electrons. The van der Waals surface area contributed by atoms with Crippen molar-refractivity contribution in [1.82, 2.24) is 45.1 Å². The molecule has 4 fully saturated rings. The van der Waals surface area contributed by atoms with E-state index in [1.54, 1.807) is 63.5 Å². The molecule has 32 heteroatoms. The van der Waals surface area contributed by atoms with E-state index in [9.17, 15) is 33.6 Å². The molecule has 0 bridgehead atoms. The molecule has 4 amide bonds. The van der Waals surface area contributed by atoms with Gasteiger partial charge in [-0.05, 0) is 269 Å². The lowest BCUT2D eigenvalue weighted by atomic mass is 9.68. The first kappa shape index (κ1) is 100. The third-order valence-electron chi connectivity index (χ3n) is 23.9. The summed E-state index contributed by atoms with van der Waals surface area (Å²) in [6, 6.07) is 30.7. The lowest BCUT2D eigenvalue weighted by Gasteiger charge is -2.43. The van der Waals surface area contributed by atoms with Gasteiger partial charge in [0, 0.05) is 36.9 Å². The number of carbonyl (C=O) groups excluding carboxylic acids is 6. The number of nitrogens with zero attached hydrogens (tertiary/aromatic N) is 8. The van der Waals surface area contributed by atoms with E-state index in [0.29, 0.717) is 110 Å². The first-order valence-electron chi connectivity index (χ1n) is 45.0. The van der Waals surface area contributed by atoms with Gasteiger partial charge in [0.15, 0.2) is 0 Å². The number of carbonyl (C=O) groups is 7. The number of aliphatic carboxylic acids is 1. The van der Waals surface area contributed by atoms with E-state index in [4.69, 9.17) is 46.0 Å². The molecule has 2 aliphatic carbocycles. The van der Waals surface area contributed by atoms with Crippen LogP contribution >= 0.6 is 45.3 Å². The van der Waals surface area contributed by atoms with Crippen molar-refractivity contribution in [1.29, 1.82) is 0 Å². The van der Waals surface area contributed by atoms with Crippen LogP contribution in [-0.4, -0.2) is 154 Å². The van der Waals surface area contributed by atoms with E-state index in [2.05, 4.69) is 172 Å². The number of amides is 4. The minimum absolute atomic E-state index is 0.0247. The SMILES string of the molecule is CC(C)OC1C[C@@H](c2ccc3scnc3c2)N(C(=O)OC(C)(C)C)C[C@@H]1C.CC(C)OC1C[C@@H](c2ccc3scnc3c2)NC[C@@H]1C.CCc1cc(NC(=O)C(=O)C2C[C@H](C)[C@@H](OC(C)C)C[C@H]2c2ccc3scnc3c2)cnc1N.CCc1cc(NC(=O)C(=O)C2C[C@H](C)[C@H](OC(C)C)C[C@H]2c2ccc3scnc3c2)cnc1N.CCc1cc(NC(=O)C(=O)O)cnc1N. The van der Waals surface area contributed by atoms with Gasteiger partial charge in [-0.1, -0.05) is 72.7 Å². The van der Waals surface area contributed by atoms with Gasteiger partial charge in [0.1, 0.15) is 23.1 Å². The number of benzene rings is 4. The molecular formula is C98H127N15O13S4.